The smallest absolute Gasteiger partial charge is 0.131 e. The van der Waals surface area contributed by atoms with Crippen molar-refractivity contribution in [1.29, 1.82) is 5.26 Å². The summed E-state index contributed by atoms with van der Waals surface area (Å²) >= 11 is 0. The topological polar surface area (TPSA) is 59.0 Å². The standard InChI is InChI=1S/C16H15FN2O/c1-10-5-11(2)16(7-15(10)19)20-9-13-4-3-12(8-18)6-14(13)17/h3-7H,9,19H2,1-2H3. The van der Waals surface area contributed by atoms with E-state index in [4.69, 9.17) is 15.7 Å². The number of hydrogen-bond acceptors (Lipinski definition) is 3. The highest BCUT2D eigenvalue weighted by Gasteiger charge is 2.07. The van der Waals surface area contributed by atoms with Crippen LogP contribution in [0.3, 0.4) is 0 Å². The van der Waals surface area contributed by atoms with Gasteiger partial charge in [-0.15, -0.1) is 0 Å². The molecule has 0 saturated heterocycles. The Kier molecular flexibility index (Phi) is 3.90. The van der Waals surface area contributed by atoms with Gasteiger partial charge in [0.15, 0.2) is 0 Å². The fourth-order valence-electron chi connectivity index (χ4n) is 1.89. The molecule has 0 unspecified atom stereocenters. The molecule has 0 saturated carbocycles. The van der Waals surface area contributed by atoms with Gasteiger partial charge in [-0.2, -0.15) is 5.26 Å². The van der Waals surface area contributed by atoms with Gasteiger partial charge in [0.1, 0.15) is 18.2 Å². The number of nitrogens with two attached hydrogens (primary N) is 1. The predicted octanol–water partition coefficient (Wildman–Crippen LogP) is 3.48. The fourth-order valence-corrected chi connectivity index (χ4v) is 1.89. The zero-order valence-corrected chi connectivity index (χ0v) is 11.4. The van der Waals surface area contributed by atoms with Gasteiger partial charge >= 0.3 is 0 Å². The van der Waals surface area contributed by atoms with Crippen LogP contribution in [0.15, 0.2) is 30.3 Å². The minimum atomic E-state index is -0.443. The van der Waals surface area contributed by atoms with Gasteiger partial charge in [0.25, 0.3) is 0 Å². The molecule has 4 heteroatoms. The van der Waals surface area contributed by atoms with Crippen LogP contribution >= 0.6 is 0 Å². The van der Waals surface area contributed by atoms with E-state index in [1.807, 2.05) is 26.0 Å². The second-order valence-electron chi connectivity index (χ2n) is 4.68. The van der Waals surface area contributed by atoms with Gasteiger partial charge in [0.2, 0.25) is 0 Å². The van der Waals surface area contributed by atoms with E-state index in [1.54, 1.807) is 18.2 Å². The Labute approximate surface area is 117 Å². The molecule has 0 aliphatic rings. The van der Waals surface area contributed by atoms with Crippen LogP contribution in [-0.4, -0.2) is 0 Å². The first kappa shape index (κ1) is 13.9. The number of halogens is 1. The van der Waals surface area contributed by atoms with Crippen molar-refractivity contribution in [3.05, 3.63) is 58.4 Å². The number of rotatable bonds is 3. The number of benzene rings is 2. The predicted molar refractivity (Wildman–Crippen MR) is 75.8 cm³/mol. The van der Waals surface area contributed by atoms with Crippen molar-refractivity contribution < 1.29 is 9.13 Å². The lowest BCUT2D eigenvalue weighted by Crippen LogP contribution is -2.01. The normalized spacial score (nSPS) is 10.1. The van der Waals surface area contributed by atoms with Crippen molar-refractivity contribution in [3.63, 3.8) is 0 Å². The maximum atomic E-state index is 13.7. The van der Waals surface area contributed by atoms with Gasteiger partial charge in [0, 0.05) is 17.3 Å². The lowest BCUT2D eigenvalue weighted by molar-refractivity contribution is 0.298. The van der Waals surface area contributed by atoms with Crippen LogP contribution in [0.4, 0.5) is 10.1 Å². The summed E-state index contributed by atoms with van der Waals surface area (Å²) in [6.45, 7) is 3.93. The third kappa shape index (κ3) is 2.89. The van der Waals surface area contributed by atoms with E-state index >= 15 is 0 Å². The van der Waals surface area contributed by atoms with Crippen molar-refractivity contribution in [2.24, 2.45) is 0 Å². The van der Waals surface area contributed by atoms with Gasteiger partial charge in [-0.1, -0.05) is 12.1 Å². The maximum Gasteiger partial charge on any atom is 0.131 e. The molecule has 3 nitrogen and oxygen atoms in total. The van der Waals surface area contributed by atoms with E-state index in [0.29, 0.717) is 22.6 Å². The molecule has 0 aliphatic carbocycles. The maximum absolute atomic E-state index is 13.7. The summed E-state index contributed by atoms with van der Waals surface area (Å²) in [5.74, 6) is 0.193. The summed E-state index contributed by atoms with van der Waals surface area (Å²) in [6, 6.07) is 9.89. The second kappa shape index (κ2) is 5.62. The Morgan fingerprint density at radius 3 is 2.60 bits per heavy atom. The minimum absolute atomic E-state index is 0.0981. The van der Waals surface area contributed by atoms with Gasteiger partial charge in [0.05, 0.1) is 11.6 Å². The van der Waals surface area contributed by atoms with Crippen LogP contribution in [0.1, 0.15) is 22.3 Å². The summed E-state index contributed by atoms with van der Waals surface area (Å²) in [7, 11) is 0. The zero-order valence-electron chi connectivity index (χ0n) is 11.4. The molecule has 0 amide bonds. The molecule has 2 rings (SSSR count). The lowest BCUT2D eigenvalue weighted by atomic mass is 10.1. The number of nitrogens with zero attached hydrogens (tertiary/aromatic N) is 1. The zero-order chi connectivity index (χ0) is 14.7. The minimum Gasteiger partial charge on any atom is -0.488 e. The van der Waals surface area contributed by atoms with Crippen LogP contribution in [0, 0.1) is 31.0 Å². The molecule has 2 N–H and O–H groups in total. The number of aryl methyl sites for hydroxylation is 2. The van der Waals surface area contributed by atoms with Crippen LogP contribution in [-0.2, 0) is 6.61 Å². The first-order valence-electron chi connectivity index (χ1n) is 6.19. The van der Waals surface area contributed by atoms with Crippen LogP contribution in [0.25, 0.3) is 0 Å². The van der Waals surface area contributed by atoms with E-state index in [9.17, 15) is 4.39 Å². The Bertz CT molecular complexity index is 690. The molecule has 0 aliphatic heterocycles. The van der Waals surface area contributed by atoms with Crippen molar-refractivity contribution >= 4 is 5.69 Å². The third-order valence-electron chi connectivity index (χ3n) is 3.13. The Balaban J connectivity index is 2.17. The first-order chi connectivity index (χ1) is 9.51. The first-order valence-corrected chi connectivity index (χ1v) is 6.19. The Morgan fingerprint density at radius 1 is 1.20 bits per heavy atom. The van der Waals surface area contributed by atoms with Crippen molar-refractivity contribution in [1.82, 2.24) is 0 Å². The highest BCUT2D eigenvalue weighted by molar-refractivity contribution is 5.54. The molecule has 0 heterocycles. The Morgan fingerprint density at radius 2 is 1.95 bits per heavy atom. The lowest BCUT2D eigenvalue weighted by Gasteiger charge is -2.12. The molecule has 0 aromatic heterocycles. The molecule has 0 atom stereocenters. The largest absolute Gasteiger partial charge is 0.488 e. The van der Waals surface area contributed by atoms with Crippen LogP contribution in [0.2, 0.25) is 0 Å². The van der Waals surface area contributed by atoms with Gasteiger partial charge in [-0.25, -0.2) is 4.39 Å². The molecule has 0 bridgehead atoms. The second-order valence-corrected chi connectivity index (χ2v) is 4.68. The molecule has 2 aromatic rings. The highest BCUT2D eigenvalue weighted by Crippen LogP contribution is 2.25. The molecule has 0 radical (unpaired) electrons. The molecular weight excluding hydrogens is 255 g/mol. The average molecular weight is 270 g/mol. The van der Waals surface area contributed by atoms with Crippen LogP contribution < -0.4 is 10.5 Å². The number of hydrogen-bond donors (Lipinski definition) is 1. The molecule has 0 spiro atoms. The molecule has 0 fully saturated rings. The number of nitrogen functional groups attached to an aromatic ring is 1. The van der Waals surface area contributed by atoms with E-state index in [-0.39, 0.29) is 6.61 Å². The van der Waals surface area contributed by atoms with Crippen LogP contribution in [0.5, 0.6) is 5.75 Å². The molecule has 102 valence electrons. The summed E-state index contributed by atoms with van der Waals surface area (Å²) < 4.78 is 19.3. The van der Waals surface area contributed by atoms with E-state index < -0.39 is 5.82 Å². The summed E-state index contributed by atoms with van der Waals surface area (Å²) in [5, 5.41) is 8.69. The van der Waals surface area contributed by atoms with Gasteiger partial charge < -0.3 is 10.5 Å². The third-order valence-corrected chi connectivity index (χ3v) is 3.13. The van der Waals surface area contributed by atoms with Crippen molar-refractivity contribution in [3.8, 4) is 11.8 Å². The monoisotopic (exact) mass is 270 g/mol. The quantitative estimate of drug-likeness (QED) is 0.869. The fraction of sp³-hybridized carbons (Fsp3) is 0.188. The number of nitriles is 1. The van der Waals surface area contributed by atoms with E-state index in [1.165, 1.54) is 6.07 Å². The summed E-state index contributed by atoms with van der Waals surface area (Å²) in [4.78, 5) is 0. The highest BCUT2D eigenvalue weighted by atomic mass is 19.1. The molecular formula is C16H15FN2O. The molecule has 20 heavy (non-hydrogen) atoms. The summed E-state index contributed by atoms with van der Waals surface area (Å²) in [6.07, 6.45) is 0. The molecule has 2 aromatic carbocycles. The van der Waals surface area contributed by atoms with Gasteiger partial charge in [-0.05, 0) is 37.1 Å². The number of anilines is 1. The van der Waals surface area contributed by atoms with Gasteiger partial charge in [-0.3, -0.25) is 0 Å². The SMILES string of the molecule is Cc1cc(C)c(OCc2ccc(C#N)cc2F)cc1N. The average Bonchev–Trinajstić information content (AvgIpc) is 2.42. The summed E-state index contributed by atoms with van der Waals surface area (Å²) in [5.41, 5.74) is 9.11. The van der Waals surface area contributed by atoms with E-state index in [2.05, 4.69) is 0 Å². The number of ether oxygens (including phenoxy) is 1. The van der Waals surface area contributed by atoms with Crippen molar-refractivity contribution in [2.75, 3.05) is 5.73 Å². The Hall–Kier alpha value is -2.54. The van der Waals surface area contributed by atoms with E-state index in [0.717, 1.165) is 11.1 Å². The van der Waals surface area contributed by atoms with Crippen molar-refractivity contribution in [2.45, 2.75) is 20.5 Å².